The Hall–Kier alpha value is -3.14. The number of nitrogens with zero attached hydrogens (tertiary/aromatic N) is 1. The van der Waals surface area contributed by atoms with Crippen LogP contribution in [0.4, 0.5) is 11.4 Å². The number of carbonyl (C=O) groups is 3. The zero-order chi connectivity index (χ0) is 29.2. The average molecular weight is 584 g/mol. The lowest BCUT2D eigenvalue weighted by atomic mass is 9.66. The molecule has 0 radical (unpaired) electrons. The molecule has 0 saturated carbocycles. The molecule has 3 amide bonds. The molecule has 41 heavy (non-hydrogen) atoms. The predicted octanol–water partition coefficient (Wildman–Crippen LogP) is 4.63. The Morgan fingerprint density at radius 3 is 2.49 bits per heavy atom. The number of aliphatic hydroxyl groups excluding tert-OH is 1. The highest BCUT2D eigenvalue weighted by molar-refractivity contribution is 6.33. The number of carbonyl (C=O) groups excluding carboxylic acids is 3. The Kier molecular flexibility index (Phi) is 8.59. The SMILES string of the molecule is CCOc1ccc(NC(=O)[C@@H]2[C@H]3C(=O)N(CCCCCCO)C(C(=O)Nc4ccccc4Cl)C34CC[C@@]2(C)O4)cc1. The van der Waals surface area contributed by atoms with Crippen LogP contribution >= 0.6 is 11.6 Å². The van der Waals surface area contributed by atoms with Gasteiger partial charge in [-0.3, -0.25) is 14.4 Å². The fourth-order valence-electron chi connectivity index (χ4n) is 6.90. The number of benzene rings is 2. The second kappa shape index (κ2) is 12.0. The first-order chi connectivity index (χ1) is 19.7. The fraction of sp³-hybridized carbons (Fsp3) is 0.516. The monoisotopic (exact) mass is 583 g/mol. The van der Waals surface area contributed by atoms with Crippen LogP contribution in [-0.4, -0.2) is 64.7 Å². The summed E-state index contributed by atoms with van der Waals surface area (Å²) < 4.78 is 12.2. The van der Waals surface area contributed by atoms with E-state index in [1.807, 2.05) is 13.8 Å². The quantitative estimate of drug-likeness (QED) is 0.314. The van der Waals surface area contributed by atoms with Crippen molar-refractivity contribution in [2.45, 2.75) is 69.6 Å². The van der Waals surface area contributed by atoms with Gasteiger partial charge in [0.25, 0.3) is 0 Å². The molecule has 2 bridgehead atoms. The third kappa shape index (κ3) is 5.43. The van der Waals surface area contributed by atoms with Gasteiger partial charge in [0.1, 0.15) is 17.4 Å². The van der Waals surface area contributed by atoms with Gasteiger partial charge in [-0.05, 0) is 75.9 Å². The van der Waals surface area contributed by atoms with E-state index >= 15 is 0 Å². The number of hydrogen-bond acceptors (Lipinski definition) is 6. The maximum atomic E-state index is 14.2. The minimum Gasteiger partial charge on any atom is -0.494 e. The molecular weight excluding hydrogens is 546 g/mol. The van der Waals surface area contributed by atoms with E-state index in [4.69, 9.17) is 26.2 Å². The van der Waals surface area contributed by atoms with E-state index in [-0.39, 0.29) is 24.3 Å². The lowest BCUT2D eigenvalue weighted by Gasteiger charge is -2.33. The molecule has 10 heteroatoms. The molecule has 5 rings (SSSR count). The maximum absolute atomic E-state index is 14.2. The number of rotatable bonds is 12. The Morgan fingerprint density at radius 1 is 1.05 bits per heavy atom. The molecule has 3 fully saturated rings. The number of likely N-dealkylation sites (tertiary alicyclic amines) is 1. The first-order valence-electron chi connectivity index (χ1n) is 14.4. The molecule has 220 valence electrons. The van der Waals surface area contributed by atoms with E-state index in [2.05, 4.69) is 10.6 Å². The Morgan fingerprint density at radius 2 is 1.78 bits per heavy atom. The van der Waals surface area contributed by atoms with Gasteiger partial charge in [-0.25, -0.2) is 0 Å². The van der Waals surface area contributed by atoms with Crippen LogP contribution < -0.4 is 15.4 Å². The van der Waals surface area contributed by atoms with Crippen LogP contribution in [0.5, 0.6) is 5.75 Å². The molecule has 3 N–H and O–H groups in total. The topological polar surface area (TPSA) is 117 Å². The summed E-state index contributed by atoms with van der Waals surface area (Å²) in [6.45, 7) is 4.79. The molecule has 0 aromatic heterocycles. The summed E-state index contributed by atoms with van der Waals surface area (Å²) in [6.07, 6.45) is 4.04. The largest absolute Gasteiger partial charge is 0.494 e. The molecular formula is C31H38ClN3O6. The zero-order valence-corrected chi connectivity index (χ0v) is 24.3. The highest BCUT2D eigenvalue weighted by Crippen LogP contribution is 2.63. The molecule has 1 spiro atoms. The molecule has 5 atom stereocenters. The third-order valence-corrected chi connectivity index (χ3v) is 9.01. The molecule has 3 heterocycles. The van der Waals surface area contributed by atoms with Gasteiger partial charge in [-0.15, -0.1) is 0 Å². The van der Waals surface area contributed by atoms with Gasteiger partial charge in [0.15, 0.2) is 0 Å². The van der Waals surface area contributed by atoms with Crippen LogP contribution in [0.3, 0.4) is 0 Å². The van der Waals surface area contributed by atoms with Crippen LogP contribution in [0.15, 0.2) is 48.5 Å². The van der Waals surface area contributed by atoms with Crippen molar-refractivity contribution in [3.63, 3.8) is 0 Å². The van der Waals surface area contributed by atoms with E-state index < -0.39 is 29.1 Å². The summed E-state index contributed by atoms with van der Waals surface area (Å²) in [7, 11) is 0. The molecule has 9 nitrogen and oxygen atoms in total. The lowest BCUT2D eigenvalue weighted by Crippen LogP contribution is -2.53. The average Bonchev–Trinajstić information content (AvgIpc) is 3.51. The summed E-state index contributed by atoms with van der Waals surface area (Å²) in [6, 6.07) is 13.2. The number of hydrogen-bond donors (Lipinski definition) is 3. The summed E-state index contributed by atoms with van der Waals surface area (Å²) in [5, 5.41) is 15.4. The minimum atomic E-state index is -1.12. The van der Waals surface area contributed by atoms with Crippen molar-refractivity contribution < 1.29 is 29.0 Å². The Labute approximate surface area is 245 Å². The van der Waals surface area contributed by atoms with Crippen molar-refractivity contribution in [2.75, 3.05) is 30.4 Å². The van der Waals surface area contributed by atoms with E-state index in [0.29, 0.717) is 61.0 Å². The molecule has 0 aliphatic carbocycles. The Bertz CT molecular complexity index is 1290. The van der Waals surface area contributed by atoms with Crippen LogP contribution in [-0.2, 0) is 19.1 Å². The van der Waals surface area contributed by atoms with Crippen LogP contribution in [0, 0.1) is 11.8 Å². The first kappa shape index (κ1) is 29.4. The molecule has 3 aliphatic heterocycles. The van der Waals surface area contributed by atoms with Crippen LogP contribution in [0.1, 0.15) is 52.4 Å². The van der Waals surface area contributed by atoms with E-state index in [9.17, 15) is 14.4 Å². The summed E-state index contributed by atoms with van der Waals surface area (Å²) in [5.41, 5.74) is -0.953. The van der Waals surface area contributed by atoms with Crippen molar-refractivity contribution in [1.29, 1.82) is 0 Å². The zero-order valence-electron chi connectivity index (χ0n) is 23.5. The molecule has 3 saturated heterocycles. The number of halogens is 1. The summed E-state index contributed by atoms with van der Waals surface area (Å²) in [5.74, 6) is -1.75. The predicted molar refractivity (Wildman–Crippen MR) is 156 cm³/mol. The number of fused-ring (bicyclic) bond motifs is 1. The number of ether oxygens (including phenoxy) is 2. The second-order valence-electron chi connectivity index (χ2n) is 11.3. The minimum absolute atomic E-state index is 0.119. The summed E-state index contributed by atoms with van der Waals surface area (Å²) >= 11 is 6.34. The normalized spacial score (nSPS) is 28.0. The molecule has 2 aromatic rings. The second-order valence-corrected chi connectivity index (χ2v) is 11.7. The smallest absolute Gasteiger partial charge is 0.250 e. The van der Waals surface area contributed by atoms with Crippen molar-refractivity contribution in [3.05, 3.63) is 53.6 Å². The number of unbranched alkanes of at least 4 members (excludes halogenated alkanes) is 3. The number of aliphatic hydroxyl groups is 1. The van der Waals surface area contributed by atoms with Gasteiger partial charge in [0, 0.05) is 18.8 Å². The van der Waals surface area contributed by atoms with E-state index in [1.165, 1.54) is 0 Å². The van der Waals surface area contributed by atoms with Crippen molar-refractivity contribution in [1.82, 2.24) is 4.90 Å². The molecule has 3 aliphatic rings. The number of anilines is 2. The van der Waals surface area contributed by atoms with Gasteiger partial charge in [0.2, 0.25) is 17.7 Å². The number of amides is 3. The fourth-order valence-corrected chi connectivity index (χ4v) is 7.08. The third-order valence-electron chi connectivity index (χ3n) is 8.68. The van der Waals surface area contributed by atoms with Crippen molar-refractivity contribution in [2.24, 2.45) is 11.8 Å². The van der Waals surface area contributed by atoms with Crippen LogP contribution in [0.2, 0.25) is 5.02 Å². The first-order valence-corrected chi connectivity index (χ1v) is 14.8. The number of nitrogens with one attached hydrogen (secondary N) is 2. The Balaban J connectivity index is 1.43. The van der Waals surface area contributed by atoms with E-state index in [1.54, 1.807) is 53.4 Å². The van der Waals surface area contributed by atoms with Gasteiger partial charge < -0.3 is 30.1 Å². The molecule has 2 aromatic carbocycles. The van der Waals surface area contributed by atoms with Gasteiger partial charge in [-0.2, -0.15) is 0 Å². The molecule has 2 unspecified atom stereocenters. The number of para-hydroxylation sites is 1. The lowest BCUT2D eigenvalue weighted by molar-refractivity contribution is -0.143. The van der Waals surface area contributed by atoms with E-state index in [0.717, 1.165) is 12.8 Å². The maximum Gasteiger partial charge on any atom is 0.250 e. The van der Waals surface area contributed by atoms with Gasteiger partial charge >= 0.3 is 0 Å². The van der Waals surface area contributed by atoms with Crippen LogP contribution in [0.25, 0.3) is 0 Å². The van der Waals surface area contributed by atoms with Gasteiger partial charge in [-0.1, -0.05) is 36.6 Å². The summed E-state index contributed by atoms with van der Waals surface area (Å²) in [4.78, 5) is 43.5. The highest BCUT2D eigenvalue weighted by Gasteiger charge is 2.77. The van der Waals surface area contributed by atoms with Crippen molar-refractivity contribution in [3.8, 4) is 5.75 Å². The highest BCUT2D eigenvalue weighted by atomic mass is 35.5. The standard InChI is InChI=1S/C31H38ClN3O6/c1-3-40-21-14-12-20(13-15-21)33-27(37)24-25-29(39)35(18-8-4-5-9-19-36)26(31(25)17-16-30(24,2)41-31)28(38)34-23-11-7-6-10-22(23)32/h6-7,10-15,24-26,36H,3-5,8-9,16-19H2,1-2H3,(H,33,37)(H,34,38)/t24-,25-,26?,30+,31?/m0/s1. The van der Waals surface area contributed by atoms with Crippen molar-refractivity contribution >= 4 is 40.7 Å². The van der Waals surface area contributed by atoms with Gasteiger partial charge in [0.05, 0.1) is 34.8 Å².